The molecule has 8 heteroatoms. The zero-order valence-electron chi connectivity index (χ0n) is 21.1. The Morgan fingerprint density at radius 1 is 0.871 bits per heavy atom. The molecule has 0 saturated heterocycles. The van der Waals surface area contributed by atoms with Crippen LogP contribution in [0.25, 0.3) is 0 Å². The van der Waals surface area contributed by atoms with E-state index in [1.165, 1.54) is 0 Å². The molecule has 0 aliphatic rings. The van der Waals surface area contributed by atoms with Gasteiger partial charge in [0, 0.05) is 11.8 Å². The van der Waals surface area contributed by atoms with Crippen molar-refractivity contribution < 1.29 is 23.5 Å². The molecule has 0 unspecified atom stereocenters. The fourth-order valence-corrected chi connectivity index (χ4v) is 3.01. The van der Waals surface area contributed by atoms with E-state index in [0.717, 1.165) is 10.5 Å². The molecule has 2 radical (unpaired) electrons. The molecule has 0 spiro atoms. The number of ether oxygens (including phenoxy) is 2. The Bertz CT molecular complexity index is 774. The van der Waals surface area contributed by atoms with Crippen molar-refractivity contribution in [3.63, 3.8) is 0 Å². The third-order valence-electron chi connectivity index (χ3n) is 3.72. The van der Waals surface area contributed by atoms with E-state index in [0.29, 0.717) is 15.3 Å². The van der Waals surface area contributed by atoms with E-state index in [-0.39, 0.29) is 10.9 Å². The maximum Gasteiger partial charge on any atom is 0.425 e. The summed E-state index contributed by atoms with van der Waals surface area (Å²) < 4.78 is 17.0. The smallest absolute Gasteiger partial charge is 0.425 e. The maximum absolute atomic E-state index is 12.9. The number of imide groups is 1. The van der Waals surface area contributed by atoms with Gasteiger partial charge >= 0.3 is 12.2 Å². The number of nitrogens with zero attached hydrogens (tertiary/aromatic N) is 2. The van der Waals surface area contributed by atoms with Crippen molar-refractivity contribution >= 4 is 27.8 Å². The number of hydrogen-bond donors (Lipinski definition) is 0. The van der Waals surface area contributed by atoms with Gasteiger partial charge in [0.15, 0.2) is 5.82 Å². The molecule has 1 aromatic heterocycles. The molecule has 0 atom stereocenters. The standard InChI is InChI=1S/C23H38N2O5Si/c1-15-13-16(23(11,12)30-31-22(8,9)10)14-24-17(15)25(18(26)28-20(2,3)4)19(27)29-21(5,6)7/h13-14H,1-12H3. The summed E-state index contributed by atoms with van der Waals surface area (Å²) in [6, 6.07) is 1.87. The van der Waals surface area contributed by atoms with Crippen molar-refractivity contribution in [3.8, 4) is 0 Å². The number of aromatic nitrogens is 1. The Morgan fingerprint density at radius 2 is 1.32 bits per heavy atom. The Hall–Kier alpha value is -1.93. The second kappa shape index (κ2) is 9.28. The first kappa shape index (κ1) is 27.1. The monoisotopic (exact) mass is 450 g/mol. The van der Waals surface area contributed by atoms with Crippen LogP contribution in [0.2, 0.25) is 5.04 Å². The lowest BCUT2D eigenvalue weighted by Gasteiger charge is -2.31. The molecule has 174 valence electrons. The first-order valence-electron chi connectivity index (χ1n) is 10.4. The number of hydrogen-bond acceptors (Lipinski definition) is 6. The average molecular weight is 451 g/mol. The van der Waals surface area contributed by atoms with Crippen molar-refractivity contribution in [2.75, 3.05) is 4.90 Å². The van der Waals surface area contributed by atoms with Crippen molar-refractivity contribution in [3.05, 3.63) is 23.4 Å². The molecule has 1 heterocycles. The number of rotatable bonds is 4. The number of carbonyl (C=O) groups is 2. The van der Waals surface area contributed by atoms with Crippen LogP contribution in [0.3, 0.4) is 0 Å². The predicted octanol–water partition coefficient (Wildman–Crippen LogP) is 6.16. The summed E-state index contributed by atoms with van der Waals surface area (Å²) >= 11 is 0. The maximum atomic E-state index is 12.9. The highest BCUT2D eigenvalue weighted by molar-refractivity contribution is 6.31. The molecule has 1 aromatic rings. The number of pyridine rings is 1. The lowest BCUT2D eigenvalue weighted by atomic mass is 9.99. The van der Waals surface area contributed by atoms with E-state index >= 15 is 0 Å². The Labute approximate surface area is 189 Å². The van der Waals surface area contributed by atoms with Crippen LogP contribution in [0.15, 0.2) is 12.3 Å². The molecule has 0 aliphatic heterocycles. The second-order valence-electron chi connectivity index (χ2n) is 11.1. The normalized spacial score (nSPS) is 13.0. The highest BCUT2D eigenvalue weighted by atomic mass is 28.2. The largest absolute Gasteiger partial charge is 0.443 e. The van der Waals surface area contributed by atoms with Crippen LogP contribution in [0, 0.1) is 6.92 Å². The molecule has 0 fully saturated rings. The van der Waals surface area contributed by atoms with Crippen molar-refractivity contribution in [2.45, 2.75) is 105 Å². The van der Waals surface area contributed by atoms with E-state index in [9.17, 15) is 9.59 Å². The van der Waals surface area contributed by atoms with Crippen LogP contribution in [0.4, 0.5) is 15.4 Å². The Kier molecular flexibility index (Phi) is 8.11. The van der Waals surface area contributed by atoms with E-state index in [1.807, 2.05) is 19.9 Å². The first-order chi connectivity index (χ1) is 13.7. The SMILES string of the molecule is Cc1cc(C(C)(C)O[Si]C(C)(C)C)cnc1N(C(=O)OC(C)(C)C)C(=O)OC(C)(C)C. The number of carbonyl (C=O) groups excluding carboxylic acids is 2. The van der Waals surface area contributed by atoms with Gasteiger partial charge < -0.3 is 13.9 Å². The zero-order chi connectivity index (χ0) is 24.4. The number of anilines is 1. The zero-order valence-corrected chi connectivity index (χ0v) is 22.1. The molecule has 2 amide bonds. The van der Waals surface area contributed by atoms with E-state index in [1.54, 1.807) is 54.7 Å². The van der Waals surface area contributed by atoms with Gasteiger partial charge in [-0.15, -0.1) is 0 Å². The third-order valence-corrected chi connectivity index (χ3v) is 4.95. The van der Waals surface area contributed by atoms with Gasteiger partial charge in [0.05, 0.1) is 5.60 Å². The van der Waals surface area contributed by atoms with Gasteiger partial charge in [0.1, 0.15) is 11.2 Å². The van der Waals surface area contributed by atoms with Gasteiger partial charge in [-0.05, 0) is 79.0 Å². The number of aryl methyl sites for hydroxylation is 1. The van der Waals surface area contributed by atoms with Gasteiger partial charge in [0.25, 0.3) is 0 Å². The minimum Gasteiger partial charge on any atom is -0.443 e. The first-order valence-corrected chi connectivity index (χ1v) is 11.3. The second-order valence-corrected chi connectivity index (χ2v) is 13.0. The summed E-state index contributed by atoms with van der Waals surface area (Å²) in [4.78, 5) is 31.0. The lowest BCUT2D eigenvalue weighted by Crippen LogP contribution is -2.44. The van der Waals surface area contributed by atoms with Crippen LogP contribution in [-0.2, 0) is 19.5 Å². The molecule has 0 N–H and O–H groups in total. The topological polar surface area (TPSA) is 78.0 Å². The summed E-state index contributed by atoms with van der Waals surface area (Å²) in [6.45, 7) is 22.5. The third kappa shape index (κ3) is 8.99. The van der Waals surface area contributed by atoms with Crippen LogP contribution >= 0.6 is 0 Å². The summed E-state index contributed by atoms with van der Waals surface area (Å²) in [6.07, 6.45) is -0.0540. The summed E-state index contributed by atoms with van der Waals surface area (Å²) in [5.41, 5.74) is -0.669. The van der Waals surface area contributed by atoms with E-state index < -0.39 is 29.0 Å². The average Bonchev–Trinajstić information content (AvgIpc) is 2.50. The highest BCUT2D eigenvalue weighted by Crippen LogP contribution is 2.32. The molecule has 0 aliphatic carbocycles. The Balaban J connectivity index is 3.33. The van der Waals surface area contributed by atoms with Crippen molar-refractivity contribution in [1.82, 2.24) is 4.98 Å². The molecular weight excluding hydrogens is 412 g/mol. The predicted molar refractivity (Wildman–Crippen MR) is 124 cm³/mol. The van der Waals surface area contributed by atoms with Crippen molar-refractivity contribution in [1.29, 1.82) is 0 Å². The molecule has 31 heavy (non-hydrogen) atoms. The van der Waals surface area contributed by atoms with Gasteiger partial charge in [-0.2, -0.15) is 4.90 Å². The lowest BCUT2D eigenvalue weighted by molar-refractivity contribution is 0.0428. The van der Waals surface area contributed by atoms with Gasteiger partial charge in [0.2, 0.25) is 9.76 Å². The minimum atomic E-state index is -0.838. The fraction of sp³-hybridized carbons (Fsp3) is 0.696. The molecule has 1 rings (SSSR count). The minimum absolute atomic E-state index is 0.0455. The Morgan fingerprint density at radius 3 is 1.68 bits per heavy atom. The molecule has 7 nitrogen and oxygen atoms in total. The van der Waals surface area contributed by atoms with Crippen molar-refractivity contribution in [2.24, 2.45) is 0 Å². The fourth-order valence-electron chi connectivity index (χ4n) is 2.33. The quantitative estimate of drug-likeness (QED) is 0.512. The van der Waals surface area contributed by atoms with Gasteiger partial charge in [-0.3, -0.25) is 0 Å². The van der Waals surface area contributed by atoms with Crippen LogP contribution in [0.5, 0.6) is 0 Å². The van der Waals surface area contributed by atoms with Crippen LogP contribution in [-0.4, -0.2) is 38.1 Å². The van der Waals surface area contributed by atoms with E-state index in [4.69, 9.17) is 13.9 Å². The molecule has 0 bridgehead atoms. The van der Waals surface area contributed by atoms with Gasteiger partial charge in [-0.25, -0.2) is 14.6 Å². The van der Waals surface area contributed by atoms with Crippen LogP contribution in [0.1, 0.15) is 87.3 Å². The molecule has 0 aromatic carbocycles. The van der Waals surface area contributed by atoms with E-state index in [2.05, 4.69) is 25.8 Å². The molecular formula is C23H38N2O5Si. The summed E-state index contributed by atoms with van der Waals surface area (Å²) in [5.74, 6) is 0.168. The summed E-state index contributed by atoms with van der Waals surface area (Å²) in [7, 11) is 0.300. The number of amides is 2. The summed E-state index contributed by atoms with van der Waals surface area (Å²) in [5, 5.41) is 0.0455. The molecule has 0 saturated carbocycles. The van der Waals surface area contributed by atoms with Gasteiger partial charge in [-0.1, -0.05) is 20.8 Å². The highest BCUT2D eigenvalue weighted by Gasteiger charge is 2.35. The van der Waals surface area contributed by atoms with Crippen LogP contribution < -0.4 is 4.90 Å².